The van der Waals surface area contributed by atoms with Gasteiger partial charge >= 0.3 is 11.9 Å². The van der Waals surface area contributed by atoms with Gasteiger partial charge in [-0.05, 0) is 118 Å². The summed E-state index contributed by atoms with van der Waals surface area (Å²) < 4.78 is 46.7. The Bertz CT molecular complexity index is 2320. The number of fused-ring (bicyclic) bond motifs is 7. The van der Waals surface area contributed by atoms with Crippen LogP contribution in [0.4, 0.5) is 0 Å². The standard InChI is InChI=1S/C59H98O28/c1-55(2)26-8-11-35-57(5,27(26)9-12-36(55)85-51(77)45(73)40(68)32(16-22-61)82-53-46(74)43(71)41(69)33(24-62)83-53)19-20-58(6)28(14-18-59(35,58)7)31-10-13-37(56(3,4)79)86-52(78)49(87-54-47(75)48(81-31)42(70)34(25-63)84-54)39(67)30(65)17-23-80-50(76)44(72)38(66)29(64)15-21-60/h8,27-38,40-49,52-54,60-66,68-75,78-79H,9-25H2,1-7H3. The van der Waals surface area contributed by atoms with E-state index in [4.69, 9.17) is 43.0 Å². The number of Topliss-reactive ketones (excluding diaryl/α,β-unsaturated/α-hetero) is 1. The maximum Gasteiger partial charge on any atom is 0.338 e. The van der Waals surface area contributed by atoms with Crippen LogP contribution in [0.3, 0.4) is 0 Å². The molecule has 17 N–H and O–H groups in total. The van der Waals surface area contributed by atoms with Crippen LogP contribution in [0.25, 0.3) is 0 Å². The zero-order chi connectivity index (χ0) is 64.6. The minimum atomic E-state index is -2.27. The molecule has 502 valence electrons. The summed E-state index contributed by atoms with van der Waals surface area (Å²) in [5.74, 6) is -4.01. The van der Waals surface area contributed by atoms with E-state index in [2.05, 4.69) is 26.8 Å². The van der Waals surface area contributed by atoms with E-state index in [1.54, 1.807) is 0 Å². The second kappa shape index (κ2) is 28.7. The van der Waals surface area contributed by atoms with Crippen LogP contribution in [0.2, 0.25) is 0 Å². The number of aliphatic hydroxyl groups excluding tert-OH is 16. The normalized spacial score (nSPS) is 42.4. The predicted octanol–water partition coefficient (Wildman–Crippen LogP) is -4.03. The fourth-order valence-corrected chi connectivity index (χ4v) is 15.7. The number of rotatable bonds is 22. The Balaban J connectivity index is 1.07. The number of carbonyl (C=O) groups excluding carboxylic acids is 3. The van der Waals surface area contributed by atoms with Gasteiger partial charge in [-0.15, -0.1) is 0 Å². The second-order valence-corrected chi connectivity index (χ2v) is 27.1. The monoisotopic (exact) mass is 1250 g/mol. The molecule has 7 rings (SSSR count). The molecule has 28 atom stereocenters. The predicted molar refractivity (Wildman–Crippen MR) is 295 cm³/mol. The molecule has 3 heterocycles. The topological polar surface area (TPSA) is 469 Å². The zero-order valence-corrected chi connectivity index (χ0v) is 50.6. The smallest absolute Gasteiger partial charge is 0.338 e. The molecule has 7 aliphatic rings. The minimum Gasteiger partial charge on any atom is -0.464 e. The van der Waals surface area contributed by atoms with E-state index in [0.29, 0.717) is 32.1 Å². The van der Waals surface area contributed by atoms with Crippen LogP contribution in [-0.2, 0) is 52.3 Å². The summed E-state index contributed by atoms with van der Waals surface area (Å²) >= 11 is 0. The van der Waals surface area contributed by atoms with Crippen molar-refractivity contribution in [2.24, 2.45) is 39.4 Å². The quantitative estimate of drug-likeness (QED) is 0.0362. The van der Waals surface area contributed by atoms with Crippen molar-refractivity contribution in [3.05, 3.63) is 11.6 Å². The summed E-state index contributed by atoms with van der Waals surface area (Å²) in [6, 6.07) is 0. The van der Waals surface area contributed by atoms with Crippen LogP contribution in [0, 0.1) is 39.4 Å². The Labute approximate surface area is 505 Å². The number of aliphatic hydroxyl groups is 17. The fourth-order valence-electron chi connectivity index (χ4n) is 15.7. The van der Waals surface area contributed by atoms with Crippen molar-refractivity contribution in [3.8, 4) is 0 Å². The van der Waals surface area contributed by atoms with Gasteiger partial charge in [-0.1, -0.05) is 46.3 Å². The highest BCUT2D eigenvalue weighted by molar-refractivity contribution is 5.87. The Morgan fingerprint density at radius 2 is 1.31 bits per heavy atom. The van der Waals surface area contributed by atoms with Crippen molar-refractivity contribution in [1.29, 1.82) is 0 Å². The highest BCUT2D eigenvalue weighted by atomic mass is 16.7. The highest BCUT2D eigenvalue weighted by Crippen LogP contribution is 2.75. The Hall–Kier alpha value is -2.57. The third-order valence-corrected chi connectivity index (χ3v) is 21.2. The van der Waals surface area contributed by atoms with Gasteiger partial charge < -0.3 is 125 Å². The third kappa shape index (κ3) is 14.3. The SMILES string of the molecule is CC(C)(O)C1CCC(C2CCC3(C)C4CC=C5C(CCC(OC(=O)C(O)C(O)C(CCO)OC6OC(CO)C(O)C(O)C6O)C5(C)C)C4(C)CCC23C)OC2C(O)C(CO)OC(OC(C(=O)C(O)CCOC(=O)C(O)C(O)C(O)CCO)C(O)O1)C2O. The van der Waals surface area contributed by atoms with Crippen molar-refractivity contribution in [1.82, 2.24) is 0 Å². The van der Waals surface area contributed by atoms with Gasteiger partial charge in [-0.3, -0.25) is 4.79 Å². The van der Waals surface area contributed by atoms with E-state index in [-0.39, 0.29) is 54.3 Å². The Morgan fingerprint density at radius 3 is 1.94 bits per heavy atom. The van der Waals surface area contributed by atoms with Gasteiger partial charge in [-0.25, -0.2) is 9.59 Å². The first kappa shape index (κ1) is 71.9. The molecule has 0 radical (unpaired) electrons. The Morgan fingerprint density at radius 1 is 0.667 bits per heavy atom. The van der Waals surface area contributed by atoms with Crippen LogP contribution in [0.1, 0.15) is 126 Å². The van der Waals surface area contributed by atoms with E-state index < -0.39 is 208 Å². The molecule has 4 aliphatic carbocycles. The Kier molecular flexibility index (Phi) is 23.7. The lowest BCUT2D eigenvalue weighted by Crippen LogP contribution is -2.64. The number of carbonyl (C=O) groups is 3. The van der Waals surface area contributed by atoms with Gasteiger partial charge in [0.15, 0.2) is 43.0 Å². The third-order valence-electron chi connectivity index (χ3n) is 21.2. The van der Waals surface area contributed by atoms with Gasteiger partial charge in [0.05, 0.1) is 49.8 Å². The maximum absolute atomic E-state index is 14.0. The molecular weight excluding hydrogens is 1160 g/mol. The molecule has 0 amide bonds. The molecule has 28 heteroatoms. The molecule has 3 saturated carbocycles. The fraction of sp³-hybridized carbons (Fsp3) is 0.915. The first-order valence-corrected chi connectivity index (χ1v) is 30.6. The number of hydrogen-bond donors (Lipinski definition) is 17. The molecule has 3 aliphatic heterocycles. The lowest BCUT2D eigenvalue weighted by Gasteiger charge is -2.66. The van der Waals surface area contributed by atoms with Gasteiger partial charge in [0.1, 0.15) is 73.2 Å². The zero-order valence-electron chi connectivity index (χ0n) is 50.6. The summed E-state index contributed by atoms with van der Waals surface area (Å²) in [5.41, 5.74) is -2.51. The van der Waals surface area contributed by atoms with Crippen LogP contribution >= 0.6 is 0 Å². The van der Waals surface area contributed by atoms with Crippen molar-refractivity contribution in [2.75, 3.05) is 33.0 Å². The second-order valence-electron chi connectivity index (χ2n) is 27.1. The molecule has 6 fully saturated rings. The largest absolute Gasteiger partial charge is 0.464 e. The maximum atomic E-state index is 14.0. The van der Waals surface area contributed by atoms with E-state index in [0.717, 1.165) is 18.4 Å². The lowest BCUT2D eigenvalue weighted by atomic mass is 9.39. The van der Waals surface area contributed by atoms with Crippen molar-refractivity contribution in [3.63, 3.8) is 0 Å². The average Bonchev–Trinajstić information content (AvgIpc) is 1.66. The first-order chi connectivity index (χ1) is 40.7. The van der Waals surface area contributed by atoms with Crippen LogP contribution in [0.5, 0.6) is 0 Å². The molecule has 0 aromatic carbocycles. The highest BCUT2D eigenvalue weighted by Gasteiger charge is 2.69. The van der Waals surface area contributed by atoms with Gasteiger partial charge in [0.25, 0.3) is 0 Å². The molecule has 28 nitrogen and oxygen atoms in total. The molecule has 0 aromatic rings. The van der Waals surface area contributed by atoms with E-state index in [1.165, 1.54) is 13.8 Å². The summed E-state index contributed by atoms with van der Waals surface area (Å²) in [5, 5.41) is 181. The first-order valence-electron chi connectivity index (χ1n) is 30.6. The van der Waals surface area contributed by atoms with Gasteiger partial charge in [-0.2, -0.15) is 0 Å². The van der Waals surface area contributed by atoms with Crippen molar-refractivity contribution in [2.45, 2.75) is 266 Å². The van der Waals surface area contributed by atoms with Crippen LogP contribution in [-0.4, -0.2) is 278 Å². The number of ketones is 1. The lowest BCUT2D eigenvalue weighted by molar-refractivity contribution is -0.342. The van der Waals surface area contributed by atoms with Crippen molar-refractivity contribution >= 4 is 17.7 Å². The van der Waals surface area contributed by atoms with Gasteiger partial charge in [0.2, 0.25) is 0 Å². The van der Waals surface area contributed by atoms with E-state index >= 15 is 0 Å². The summed E-state index contributed by atoms with van der Waals surface area (Å²) in [4.78, 5) is 40.2. The molecule has 0 aromatic heterocycles. The molecule has 2 bridgehead atoms. The van der Waals surface area contributed by atoms with E-state index in [9.17, 15) is 96.1 Å². The summed E-state index contributed by atoms with van der Waals surface area (Å²) in [7, 11) is 0. The van der Waals surface area contributed by atoms with Gasteiger partial charge in [0, 0.05) is 25.0 Å². The number of hydrogen-bond acceptors (Lipinski definition) is 28. The molecule has 87 heavy (non-hydrogen) atoms. The molecular formula is C59H98O28. The van der Waals surface area contributed by atoms with Crippen molar-refractivity contribution < 1.29 is 139 Å². The van der Waals surface area contributed by atoms with Crippen LogP contribution < -0.4 is 0 Å². The average molecular weight is 1260 g/mol. The molecule has 3 saturated heterocycles. The molecule has 0 spiro atoms. The summed E-state index contributed by atoms with van der Waals surface area (Å²) in [6.45, 7) is 10.1. The minimum absolute atomic E-state index is 0.0251. The number of ether oxygens (including phenoxy) is 8. The van der Waals surface area contributed by atoms with E-state index in [1.807, 2.05) is 13.8 Å². The molecule has 28 unspecified atom stereocenters. The number of esters is 2. The van der Waals surface area contributed by atoms with Crippen LogP contribution in [0.15, 0.2) is 11.6 Å². The summed E-state index contributed by atoms with van der Waals surface area (Å²) in [6.07, 6.45) is -32.7. The number of allylic oxidation sites excluding steroid dienone is 1.